The second-order valence-corrected chi connectivity index (χ2v) is 7.08. The molecule has 26 heavy (non-hydrogen) atoms. The predicted octanol–water partition coefficient (Wildman–Crippen LogP) is 6.51. The Labute approximate surface area is 170 Å². The molecule has 0 bridgehead atoms. The molecule has 0 spiro atoms. The van der Waals surface area contributed by atoms with Gasteiger partial charge in [-0.2, -0.15) is 0 Å². The summed E-state index contributed by atoms with van der Waals surface area (Å²) in [7, 11) is 0. The van der Waals surface area contributed by atoms with E-state index in [1.807, 2.05) is 19.1 Å². The van der Waals surface area contributed by atoms with E-state index in [4.69, 9.17) is 44.3 Å². The first kappa shape index (κ1) is 21.2. The second-order valence-electron chi connectivity index (χ2n) is 5.86. The lowest BCUT2D eigenvalue weighted by molar-refractivity contribution is 0.269. The van der Waals surface area contributed by atoms with Crippen LogP contribution in [-0.2, 0) is 13.2 Å². The molecule has 2 aromatic rings. The SMILES string of the molecule is CCCCNCc1cc(Cl)c(OCc2c(Cl)cccc2Cl)c(OCC)c1. The Morgan fingerprint density at radius 2 is 1.69 bits per heavy atom. The lowest BCUT2D eigenvalue weighted by Gasteiger charge is -2.16. The van der Waals surface area contributed by atoms with Crippen molar-refractivity contribution in [3.8, 4) is 11.5 Å². The number of hydrogen-bond acceptors (Lipinski definition) is 3. The Kier molecular flexibility index (Phi) is 8.86. The minimum Gasteiger partial charge on any atom is -0.490 e. The van der Waals surface area contributed by atoms with Crippen molar-refractivity contribution in [2.45, 2.75) is 39.8 Å². The molecular formula is C20H24Cl3NO2. The van der Waals surface area contributed by atoms with Crippen LogP contribution in [0.4, 0.5) is 0 Å². The fraction of sp³-hybridized carbons (Fsp3) is 0.400. The molecule has 0 unspecified atom stereocenters. The average molecular weight is 417 g/mol. The van der Waals surface area contributed by atoms with E-state index in [0.717, 1.165) is 37.1 Å². The second kappa shape index (κ2) is 10.9. The van der Waals surface area contributed by atoms with Crippen molar-refractivity contribution in [3.63, 3.8) is 0 Å². The maximum atomic E-state index is 6.46. The van der Waals surface area contributed by atoms with Crippen LogP contribution in [0.15, 0.2) is 30.3 Å². The molecular weight excluding hydrogens is 393 g/mol. The third kappa shape index (κ3) is 5.95. The summed E-state index contributed by atoms with van der Waals surface area (Å²) in [4.78, 5) is 0. The lowest BCUT2D eigenvalue weighted by atomic mass is 10.2. The van der Waals surface area contributed by atoms with Gasteiger partial charge in [-0.1, -0.05) is 54.2 Å². The standard InChI is InChI=1S/C20H24Cl3NO2/c1-3-5-9-24-12-14-10-18(23)20(19(11-14)25-4-2)26-13-15-16(21)7-6-8-17(15)22/h6-8,10-11,24H,3-5,9,12-13H2,1-2H3. The van der Waals surface area contributed by atoms with Gasteiger partial charge >= 0.3 is 0 Å². The van der Waals surface area contributed by atoms with Crippen LogP contribution in [0.2, 0.25) is 15.1 Å². The van der Waals surface area contributed by atoms with Crippen LogP contribution in [0, 0.1) is 0 Å². The Balaban J connectivity index is 2.16. The molecule has 0 saturated heterocycles. The number of benzene rings is 2. The zero-order chi connectivity index (χ0) is 18.9. The van der Waals surface area contributed by atoms with Crippen LogP contribution in [-0.4, -0.2) is 13.2 Å². The molecule has 0 aliphatic carbocycles. The zero-order valence-electron chi connectivity index (χ0n) is 15.1. The topological polar surface area (TPSA) is 30.5 Å². The molecule has 0 saturated carbocycles. The Morgan fingerprint density at radius 1 is 0.962 bits per heavy atom. The summed E-state index contributed by atoms with van der Waals surface area (Å²) in [5, 5.41) is 5.02. The number of hydrogen-bond donors (Lipinski definition) is 1. The van der Waals surface area contributed by atoms with Crippen molar-refractivity contribution in [1.82, 2.24) is 5.32 Å². The average Bonchev–Trinajstić information content (AvgIpc) is 2.60. The largest absolute Gasteiger partial charge is 0.490 e. The highest BCUT2D eigenvalue weighted by Crippen LogP contribution is 2.38. The van der Waals surface area contributed by atoms with Crippen LogP contribution in [0.25, 0.3) is 0 Å². The van der Waals surface area contributed by atoms with Crippen LogP contribution in [0.3, 0.4) is 0 Å². The molecule has 0 amide bonds. The summed E-state index contributed by atoms with van der Waals surface area (Å²) in [5.74, 6) is 1.12. The van der Waals surface area contributed by atoms with Gasteiger partial charge < -0.3 is 14.8 Å². The third-order valence-corrected chi connectivity index (χ3v) is 4.82. The minimum atomic E-state index is 0.215. The van der Waals surface area contributed by atoms with Crippen molar-refractivity contribution >= 4 is 34.8 Å². The molecule has 0 aliphatic heterocycles. The smallest absolute Gasteiger partial charge is 0.180 e. The molecule has 0 fully saturated rings. The number of ether oxygens (including phenoxy) is 2. The van der Waals surface area contributed by atoms with Gasteiger partial charge in [-0.25, -0.2) is 0 Å². The predicted molar refractivity (Wildman–Crippen MR) is 110 cm³/mol. The molecule has 0 aromatic heterocycles. The van der Waals surface area contributed by atoms with Gasteiger partial charge in [0, 0.05) is 22.2 Å². The Hall–Kier alpha value is -1.13. The van der Waals surface area contributed by atoms with Crippen molar-refractivity contribution in [2.24, 2.45) is 0 Å². The van der Waals surface area contributed by atoms with E-state index in [-0.39, 0.29) is 6.61 Å². The van der Waals surface area contributed by atoms with E-state index < -0.39 is 0 Å². The molecule has 0 aliphatic rings. The van der Waals surface area contributed by atoms with Crippen molar-refractivity contribution in [1.29, 1.82) is 0 Å². The summed E-state index contributed by atoms with van der Waals surface area (Å²) in [5.41, 5.74) is 1.78. The van der Waals surface area contributed by atoms with Gasteiger partial charge in [-0.05, 0) is 49.7 Å². The van der Waals surface area contributed by atoms with E-state index in [1.54, 1.807) is 18.2 Å². The van der Waals surface area contributed by atoms with Crippen LogP contribution in [0.5, 0.6) is 11.5 Å². The van der Waals surface area contributed by atoms with Gasteiger partial charge in [-0.15, -0.1) is 0 Å². The maximum Gasteiger partial charge on any atom is 0.180 e. The fourth-order valence-electron chi connectivity index (χ4n) is 2.48. The van der Waals surface area contributed by atoms with E-state index in [0.29, 0.717) is 33.2 Å². The molecule has 2 rings (SSSR count). The van der Waals surface area contributed by atoms with Gasteiger partial charge in [0.05, 0.1) is 11.6 Å². The lowest BCUT2D eigenvalue weighted by Crippen LogP contribution is -2.14. The molecule has 2 aromatic carbocycles. The van der Waals surface area contributed by atoms with Gasteiger partial charge in [-0.3, -0.25) is 0 Å². The summed E-state index contributed by atoms with van der Waals surface area (Å²) >= 11 is 18.9. The Morgan fingerprint density at radius 3 is 2.35 bits per heavy atom. The minimum absolute atomic E-state index is 0.215. The molecule has 0 atom stereocenters. The number of rotatable bonds is 10. The molecule has 142 valence electrons. The highest BCUT2D eigenvalue weighted by Gasteiger charge is 2.14. The van der Waals surface area contributed by atoms with Gasteiger partial charge in [0.1, 0.15) is 6.61 Å². The first-order valence-corrected chi connectivity index (χ1v) is 9.91. The zero-order valence-corrected chi connectivity index (χ0v) is 17.3. The molecule has 3 nitrogen and oxygen atoms in total. The van der Waals surface area contributed by atoms with Crippen molar-refractivity contribution < 1.29 is 9.47 Å². The van der Waals surface area contributed by atoms with Gasteiger partial charge in [0.25, 0.3) is 0 Å². The molecule has 0 heterocycles. The van der Waals surface area contributed by atoms with E-state index >= 15 is 0 Å². The first-order valence-electron chi connectivity index (χ1n) is 8.78. The van der Waals surface area contributed by atoms with E-state index in [9.17, 15) is 0 Å². The normalized spacial score (nSPS) is 10.8. The number of halogens is 3. The summed E-state index contributed by atoms with van der Waals surface area (Å²) in [6.45, 7) is 6.54. The maximum absolute atomic E-state index is 6.46. The van der Waals surface area contributed by atoms with E-state index in [1.165, 1.54) is 0 Å². The Bertz CT molecular complexity index is 702. The number of nitrogens with one attached hydrogen (secondary N) is 1. The monoisotopic (exact) mass is 415 g/mol. The third-order valence-electron chi connectivity index (χ3n) is 3.83. The first-order chi connectivity index (χ1) is 12.6. The van der Waals surface area contributed by atoms with Gasteiger partial charge in [0.2, 0.25) is 0 Å². The quantitative estimate of drug-likeness (QED) is 0.447. The van der Waals surface area contributed by atoms with Crippen LogP contribution >= 0.6 is 34.8 Å². The molecule has 6 heteroatoms. The summed E-state index contributed by atoms with van der Waals surface area (Å²) in [6.07, 6.45) is 2.31. The number of unbranched alkanes of at least 4 members (excludes halogenated alkanes) is 1. The van der Waals surface area contributed by atoms with Gasteiger partial charge in [0.15, 0.2) is 11.5 Å². The highest BCUT2D eigenvalue weighted by molar-refractivity contribution is 6.36. The van der Waals surface area contributed by atoms with Crippen molar-refractivity contribution in [3.05, 3.63) is 56.5 Å². The fourth-order valence-corrected chi connectivity index (χ4v) is 3.27. The van der Waals surface area contributed by atoms with Crippen LogP contribution in [0.1, 0.15) is 37.8 Å². The van der Waals surface area contributed by atoms with E-state index in [2.05, 4.69) is 12.2 Å². The summed E-state index contributed by atoms with van der Waals surface area (Å²) in [6, 6.07) is 9.21. The van der Waals surface area contributed by atoms with Crippen LogP contribution < -0.4 is 14.8 Å². The molecule has 0 radical (unpaired) electrons. The molecule has 1 N–H and O–H groups in total. The summed E-state index contributed by atoms with van der Waals surface area (Å²) < 4.78 is 11.7. The van der Waals surface area contributed by atoms with Crippen molar-refractivity contribution in [2.75, 3.05) is 13.2 Å². The highest BCUT2D eigenvalue weighted by atomic mass is 35.5.